The third-order valence-corrected chi connectivity index (χ3v) is 4.27. The summed E-state index contributed by atoms with van der Waals surface area (Å²) in [6, 6.07) is 7.91. The lowest BCUT2D eigenvalue weighted by molar-refractivity contribution is 0.302. The van der Waals surface area contributed by atoms with Gasteiger partial charge >= 0.3 is 0 Å². The van der Waals surface area contributed by atoms with E-state index in [4.69, 9.17) is 0 Å². The molecule has 0 aliphatic carbocycles. The number of aromatic nitrogens is 1. The number of pyridine rings is 1. The average molecular weight is 282 g/mol. The highest BCUT2D eigenvalue weighted by Crippen LogP contribution is 2.29. The summed E-state index contributed by atoms with van der Waals surface area (Å²) in [6.45, 7) is 7.50. The Bertz CT molecular complexity index is 742. The molecule has 1 aromatic heterocycles. The first-order chi connectivity index (χ1) is 10.2. The van der Waals surface area contributed by atoms with Crippen LogP contribution in [-0.2, 0) is 0 Å². The number of hydrogen-bond acceptors (Lipinski definition) is 2. The SMILES string of the molecule is CCCN1CC=C(c2c(C)[nH]c(=O)c3ccccc23)CC1. The van der Waals surface area contributed by atoms with E-state index in [1.54, 1.807) is 0 Å². The second-order valence-electron chi connectivity index (χ2n) is 5.78. The van der Waals surface area contributed by atoms with Crippen molar-refractivity contribution in [3.63, 3.8) is 0 Å². The first-order valence-corrected chi connectivity index (χ1v) is 7.74. The molecule has 1 aliphatic rings. The molecule has 0 unspecified atom stereocenters. The Morgan fingerprint density at radius 3 is 2.67 bits per heavy atom. The summed E-state index contributed by atoms with van der Waals surface area (Å²) in [6.07, 6.45) is 4.58. The minimum absolute atomic E-state index is 0.0101. The standard InChI is InChI=1S/C18H22N2O/c1-3-10-20-11-8-14(9-12-20)17-13(2)19-18(21)16-7-5-4-6-15(16)17/h4-8H,3,9-12H2,1-2H3,(H,19,21). The summed E-state index contributed by atoms with van der Waals surface area (Å²) < 4.78 is 0. The van der Waals surface area contributed by atoms with E-state index in [0.29, 0.717) is 0 Å². The molecule has 21 heavy (non-hydrogen) atoms. The minimum Gasteiger partial charge on any atom is -0.325 e. The smallest absolute Gasteiger partial charge is 0.256 e. The molecule has 0 spiro atoms. The van der Waals surface area contributed by atoms with Crippen LogP contribution in [-0.4, -0.2) is 29.5 Å². The number of aryl methyl sites for hydroxylation is 1. The van der Waals surface area contributed by atoms with Crippen molar-refractivity contribution in [3.8, 4) is 0 Å². The molecule has 2 heterocycles. The molecular weight excluding hydrogens is 260 g/mol. The highest BCUT2D eigenvalue weighted by atomic mass is 16.1. The van der Waals surface area contributed by atoms with Crippen LogP contribution in [0.2, 0.25) is 0 Å². The normalized spacial score (nSPS) is 16.2. The van der Waals surface area contributed by atoms with Crippen LogP contribution in [0, 0.1) is 6.92 Å². The highest BCUT2D eigenvalue weighted by Gasteiger charge is 2.17. The summed E-state index contributed by atoms with van der Waals surface area (Å²) in [5.74, 6) is 0. The zero-order valence-corrected chi connectivity index (χ0v) is 12.8. The van der Waals surface area contributed by atoms with E-state index in [0.717, 1.165) is 42.5 Å². The predicted molar refractivity (Wildman–Crippen MR) is 88.6 cm³/mol. The molecule has 0 amide bonds. The van der Waals surface area contributed by atoms with Crippen molar-refractivity contribution in [2.24, 2.45) is 0 Å². The number of nitrogens with zero attached hydrogens (tertiary/aromatic N) is 1. The minimum atomic E-state index is 0.0101. The van der Waals surface area contributed by atoms with Crippen LogP contribution in [0.1, 0.15) is 31.0 Å². The van der Waals surface area contributed by atoms with E-state index in [1.807, 2.05) is 25.1 Å². The molecule has 0 fully saturated rings. The summed E-state index contributed by atoms with van der Waals surface area (Å²) in [5.41, 5.74) is 3.58. The topological polar surface area (TPSA) is 36.1 Å². The van der Waals surface area contributed by atoms with Crippen LogP contribution in [0.5, 0.6) is 0 Å². The summed E-state index contributed by atoms with van der Waals surface area (Å²) in [7, 11) is 0. The maximum absolute atomic E-state index is 12.1. The molecule has 3 nitrogen and oxygen atoms in total. The van der Waals surface area contributed by atoms with Crippen LogP contribution in [0.4, 0.5) is 0 Å². The Morgan fingerprint density at radius 2 is 2.00 bits per heavy atom. The van der Waals surface area contributed by atoms with Crippen LogP contribution in [0.25, 0.3) is 16.3 Å². The molecule has 1 N–H and O–H groups in total. The van der Waals surface area contributed by atoms with Crippen molar-refractivity contribution in [1.29, 1.82) is 0 Å². The van der Waals surface area contributed by atoms with Gasteiger partial charge in [0.25, 0.3) is 5.56 Å². The molecule has 3 heteroatoms. The fraction of sp³-hybridized carbons (Fsp3) is 0.389. The van der Waals surface area contributed by atoms with Gasteiger partial charge in [0.15, 0.2) is 0 Å². The zero-order chi connectivity index (χ0) is 14.8. The Balaban J connectivity index is 2.07. The van der Waals surface area contributed by atoms with Gasteiger partial charge in [-0.15, -0.1) is 0 Å². The summed E-state index contributed by atoms with van der Waals surface area (Å²) >= 11 is 0. The number of hydrogen-bond donors (Lipinski definition) is 1. The number of H-pyrrole nitrogens is 1. The number of fused-ring (bicyclic) bond motifs is 1. The van der Waals surface area contributed by atoms with Gasteiger partial charge in [0.05, 0.1) is 0 Å². The van der Waals surface area contributed by atoms with Crippen LogP contribution >= 0.6 is 0 Å². The van der Waals surface area contributed by atoms with E-state index >= 15 is 0 Å². The fourth-order valence-electron chi connectivity index (χ4n) is 3.27. The lowest BCUT2D eigenvalue weighted by Crippen LogP contribution is -2.29. The van der Waals surface area contributed by atoms with Crippen molar-refractivity contribution >= 4 is 16.3 Å². The maximum atomic E-state index is 12.1. The second kappa shape index (κ2) is 5.86. The van der Waals surface area contributed by atoms with E-state index in [-0.39, 0.29) is 5.56 Å². The van der Waals surface area contributed by atoms with Crippen molar-refractivity contribution in [2.75, 3.05) is 19.6 Å². The first-order valence-electron chi connectivity index (χ1n) is 7.74. The van der Waals surface area contributed by atoms with Gasteiger partial charge in [0.1, 0.15) is 0 Å². The molecule has 1 aromatic carbocycles. The molecule has 1 aliphatic heterocycles. The highest BCUT2D eigenvalue weighted by molar-refractivity contribution is 5.94. The molecule has 0 saturated carbocycles. The molecule has 0 radical (unpaired) electrons. The number of nitrogens with one attached hydrogen (secondary N) is 1. The Labute approximate surface area is 125 Å². The fourth-order valence-corrected chi connectivity index (χ4v) is 3.27. The number of aromatic amines is 1. The molecule has 110 valence electrons. The van der Waals surface area contributed by atoms with Crippen LogP contribution < -0.4 is 5.56 Å². The molecular formula is C18H22N2O. The monoisotopic (exact) mass is 282 g/mol. The van der Waals surface area contributed by atoms with E-state index in [1.165, 1.54) is 17.6 Å². The van der Waals surface area contributed by atoms with Crippen LogP contribution in [0.3, 0.4) is 0 Å². The van der Waals surface area contributed by atoms with Gasteiger partial charge < -0.3 is 4.98 Å². The average Bonchev–Trinajstić information content (AvgIpc) is 2.49. The van der Waals surface area contributed by atoms with E-state index < -0.39 is 0 Å². The Kier molecular flexibility index (Phi) is 3.93. The van der Waals surface area contributed by atoms with Gasteiger partial charge in [-0.05, 0) is 43.3 Å². The lowest BCUT2D eigenvalue weighted by Gasteiger charge is -2.27. The van der Waals surface area contributed by atoms with Gasteiger partial charge in [-0.1, -0.05) is 31.2 Å². The lowest BCUT2D eigenvalue weighted by atomic mass is 9.93. The first kappa shape index (κ1) is 14.1. The Hall–Kier alpha value is -1.87. The second-order valence-corrected chi connectivity index (χ2v) is 5.78. The van der Waals surface area contributed by atoms with Gasteiger partial charge in [-0.3, -0.25) is 9.69 Å². The van der Waals surface area contributed by atoms with Gasteiger partial charge in [0.2, 0.25) is 0 Å². The van der Waals surface area contributed by atoms with Gasteiger partial charge in [0, 0.05) is 29.7 Å². The van der Waals surface area contributed by atoms with E-state index in [2.05, 4.69) is 29.0 Å². The van der Waals surface area contributed by atoms with Crippen molar-refractivity contribution in [3.05, 3.63) is 52.0 Å². The van der Waals surface area contributed by atoms with E-state index in [9.17, 15) is 4.79 Å². The molecule has 0 atom stereocenters. The third-order valence-electron chi connectivity index (χ3n) is 4.27. The predicted octanol–water partition coefficient (Wildman–Crippen LogP) is 3.34. The zero-order valence-electron chi connectivity index (χ0n) is 12.8. The van der Waals surface area contributed by atoms with Crippen LogP contribution in [0.15, 0.2) is 35.1 Å². The molecule has 3 rings (SSSR count). The molecule has 0 bridgehead atoms. The van der Waals surface area contributed by atoms with Gasteiger partial charge in [-0.25, -0.2) is 0 Å². The van der Waals surface area contributed by atoms with Crippen molar-refractivity contribution in [2.45, 2.75) is 26.7 Å². The summed E-state index contributed by atoms with van der Waals surface area (Å²) in [5, 5.41) is 1.86. The molecule has 0 saturated heterocycles. The molecule has 2 aromatic rings. The maximum Gasteiger partial charge on any atom is 0.256 e. The van der Waals surface area contributed by atoms with Crippen molar-refractivity contribution in [1.82, 2.24) is 9.88 Å². The summed E-state index contributed by atoms with van der Waals surface area (Å²) in [4.78, 5) is 17.6. The largest absolute Gasteiger partial charge is 0.325 e. The Morgan fingerprint density at radius 1 is 1.24 bits per heavy atom. The number of benzene rings is 1. The quantitative estimate of drug-likeness (QED) is 0.937. The number of rotatable bonds is 3. The van der Waals surface area contributed by atoms with Crippen molar-refractivity contribution < 1.29 is 0 Å². The van der Waals surface area contributed by atoms with Gasteiger partial charge in [-0.2, -0.15) is 0 Å². The third kappa shape index (κ3) is 2.66.